The van der Waals surface area contributed by atoms with Gasteiger partial charge >= 0.3 is 19.1 Å². The number of alkyl halides is 9. The zero-order chi connectivity index (χ0) is 53.1. The van der Waals surface area contributed by atoms with E-state index in [1.54, 1.807) is 12.1 Å². The lowest BCUT2D eigenvalue weighted by Gasteiger charge is -2.40. The zero-order valence-electron chi connectivity index (χ0n) is 44.8. The lowest BCUT2D eigenvalue weighted by Crippen LogP contribution is -2.26. The highest BCUT2D eigenvalue weighted by Crippen LogP contribution is 2.55. The number of ether oxygens (including phenoxy) is 3. The molecule has 0 spiro atoms. The molecule has 6 aliphatic rings. The van der Waals surface area contributed by atoms with Crippen LogP contribution in [0.1, 0.15) is 229 Å². The fourth-order valence-electron chi connectivity index (χ4n) is 16.2. The standard InChI is InChI=1S/C63H83F9O3/c1-4-6-41-11-17-44(18-12-41)46-21-27-49(28-22-46)55-34-32-52(74-62(67,68)69)36-57(55)59-38-53(75-63(70,71)72)37-58(60(59)50-29-23-47(24-30-50)43-15-9-40(5-2)10-16-43)56-35-51(73-61(64,65)66)31-33-54(56)48-25-19-45(20-26-48)42-13-7-39(3)8-14-42/h31-50H,4-30H2,1-3H3. The van der Waals surface area contributed by atoms with Gasteiger partial charge in [-0.15, -0.1) is 39.5 Å². The third kappa shape index (κ3) is 14.6. The summed E-state index contributed by atoms with van der Waals surface area (Å²) in [5.74, 6) is 3.56. The predicted molar refractivity (Wildman–Crippen MR) is 279 cm³/mol. The molecule has 416 valence electrons. The number of hydrogen-bond acceptors (Lipinski definition) is 3. The van der Waals surface area contributed by atoms with Gasteiger partial charge in [0.1, 0.15) is 17.2 Å². The summed E-state index contributed by atoms with van der Waals surface area (Å²) < 4.78 is 144. The molecule has 0 aliphatic heterocycles. The van der Waals surface area contributed by atoms with Crippen LogP contribution in [0.4, 0.5) is 39.5 Å². The van der Waals surface area contributed by atoms with Gasteiger partial charge in [-0.3, -0.25) is 0 Å². The van der Waals surface area contributed by atoms with Crippen LogP contribution in [0, 0.1) is 53.3 Å². The van der Waals surface area contributed by atoms with Gasteiger partial charge in [-0.1, -0.05) is 90.7 Å². The maximum atomic E-state index is 14.7. The molecule has 0 heterocycles. The quantitative estimate of drug-likeness (QED) is 0.151. The molecule has 6 saturated carbocycles. The van der Waals surface area contributed by atoms with E-state index in [9.17, 15) is 39.5 Å². The highest BCUT2D eigenvalue weighted by Gasteiger charge is 2.40. The third-order valence-electron chi connectivity index (χ3n) is 20.2. The van der Waals surface area contributed by atoms with Crippen molar-refractivity contribution in [2.75, 3.05) is 0 Å². The van der Waals surface area contributed by atoms with Crippen molar-refractivity contribution in [3.8, 4) is 39.5 Å². The molecule has 0 amide bonds. The molecule has 6 aliphatic carbocycles. The zero-order valence-corrected chi connectivity index (χ0v) is 44.8. The molecule has 3 aromatic carbocycles. The average molecular weight is 1060 g/mol. The molecular weight excluding hydrogens is 976 g/mol. The minimum atomic E-state index is -5.15. The molecule has 0 saturated heterocycles. The molecule has 0 radical (unpaired) electrons. The minimum Gasteiger partial charge on any atom is -0.406 e. The van der Waals surface area contributed by atoms with Crippen LogP contribution >= 0.6 is 0 Å². The first kappa shape index (κ1) is 56.2. The topological polar surface area (TPSA) is 27.7 Å². The molecule has 3 nitrogen and oxygen atoms in total. The maximum absolute atomic E-state index is 14.7. The van der Waals surface area contributed by atoms with Crippen molar-refractivity contribution < 1.29 is 53.7 Å². The second-order valence-corrected chi connectivity index (χ2v) is 24.7. The van der Waals surface area contributed by atoms with Crippen molar-refractivity contribution in [3.05, 3.63) is 65.2 Å². The summed E-state index contributed by atoms with van der Waals surface area (Å²) in [5, 5.41) is 0. The lowest BCUT2D eigenvalue weighted by molar-refractivity contribution is -0.275. The van der Waals surface area contributed by atoms with Gasteiger partial charge in [0.2, 0.25) is 0 Å². The van der Waals surface area contributed by atoms with Gasteiger partial charge in [0, 0.05) is 0 Å². The summed E-state index contributed by atoms with van der Waals surface area (Å²) in [6.07, 6.45) is 12.7. The van der Waals surface area contributed by atoms with E-state index in [4.69, 9.17) is 4.74 Å². The molecule has 0 N–H and O–H groups in total. The van der Waals surface area contributed by atoms with Crippen molar-refractivity contribution in [1.82, 2.24) is 0 Å². The monoisotopic (exact) mass is 1060 g/mol. The van der Waals surface area contributed by atoms with E-state index in [0.29, 0.717) is 82.1 Å². The Hall–Kier alpha value is -3.57. The van der Waals surface area contributed by atoms with E-state index < -0.39 is 36.3 Å². The van der Waals surface area contributed by atoms with Crippen molar-refractivity contribution in [1.29, 1.82) is 0 Å². The van der Waals surface area contributed by atoms with Crippen molar-refractivity contribution in [2.45, 2.75) is 231 Å². The summed E-state index contributed by atoms with van der Waals surface area (Å²) in [4.78, 5) is 0. The van der Waals surface area contributed by atoms with Crippen LogP contribution in [0.5, 0.6) is 17.2 Å². The van der Waals surface area contributed by atoms with Crippen LogP contribution in [0.25, 0.3) is 22.3 Å². The molecule has 3 aromatic rings. The number of halogens is 9. The molecule has 9 rings (SSSR count). The van der Waals surface area contributed by atoms with Crippen molar-refractivity contribution >= 4 is 0 Å². The van der Waals surface area contributed by atoms with Gasteiger partial charge in [-0.2, -0.15) is 0 Å². The van der Waals surface area contributed by atoms with Crippen LogP contribution in [-0.4, -0.2) is 19.1 Å². The SMILES string of the molecule is CCCC1CCC(C2CCC(c3ccc(OC(F)(F)F)cc3-c3cc(OC(F)(F)F)cc(-c4cc(OC(F)(F)F)ccc4C4CCC(C5CCC(C)CC5)CC4)c3C3CCC(C4CCC(CC)CC4)CC3)CC2)CC1. The minimum absolute atomic E-state index is 0.0906. The second kappa shape index (κ2) is 24.2. The van der Waals surface area contributed by atoms with Gasteiger partial charge in [0.25, 0.3) is 0 Å². The first-order valence-electron chi connectivity index (χ1n) is 29.5. The Kier molecular flexibility index (Phi) is 18.1. The van der Waals surface area contributed by atoms with Crippen LogP contribution < -0.4 is 14.2 Å². The van der Waals surface area contributed by atoms with Crippen LogP contribution in [0.2, 0.25) is 0 Å². The molecule has 0 atom stereocenters. The Balaban J connectivity index is 1.17. The molecule has 6 fully saturated rings. The van der Waals surface area contributed by atoms with E-state index in [1.165, 1.54) is 113 Å². The smallest absolute Gasteiger partial charge is 0.406 e. The summed E-state index contributed by atoms with van der Waals surface area (Å²) in [7, 11) is 0. The summed E-state index contributed by atoms with van der Waals surface area (Å²) in [5.41, 5.74) is 3.49. The fourth-order valence-corrected chi connectivity index (χ4v) is 16.2. The largest absolute Gasteiger partial charge is 0.573 e. The molecule has 0 aromatic heterocycles. The average Bonchev–Trinajstić information content (AvgIpc) is 3.38. The van der Waals surface area contributed by atoms with E-state index >= 15 is 0 Å². The van der Waals surface area contributed by atoms with E-state index in [0.717, 1.165) is 106 Å². The summed E-state index contributed by atoms with van der Waals surface area (Å²) in [6.45, 7) is 6.79. The van der Waals surface area contributed by atoms with Gasteiger partial charge < -0.3 is 14.2 Å². The van der Waals surface area contributed by atoms with Crippen LogP contribution in [0.15, 0.2) is 48.5 Å². The summed E-state index contributed by atoms with van der Waals surface area (Å²) in [6, 6.07) is 11.4. The van der Waals surface area contributed by atoms with Gasteiger partial charge in [-0.05, 0) is 262 Å². The molecule has 0 bridgehead atoms. The number of benzene rings is 3. The molecule has 75 heavy (non-hydrogen) atoms. The number of hydrogen-bond donors (Lipinski definition) is 0. The van der Waals surface area contributed by atoms with E-state index in [-0.39, 0.29) is 17.8 Å². The van der Waals surface area contributed by atoms with Crippen molar-refractivity contribution in [3.63, 3.8) is 0 Å². The number of rotatable bonds is 14. The van der Waals surface area contributed by atoms with Crippen LogP contribution in [0.3, 0.4) is 0 Å². The molecule has 0 unspecified atom stereocenters. The van der Waals surface area contributed by atoms with Gasteiger partial charge in [-0.25, -0.2) is 0 Å². The van der Waals surface area contributed by atoms with E-state index in [2.05, 4.69) is 30.2 Å². The first-order valence-corrected chi connectivity index (χ1v) is 29.5. The van der Waals surface area contributed by atoms with Crippen LogP contribution in [-0.2, 0) is 0 Å². The Labute approximate surface area is 441 Å². The fraction of sp³-hybridized carbons (Fsp3) is 0.714. The van der Waals surface area contributed by atoms with Gasteiger partial charge in [0.15, 0.2) is 0 Å². The Morgan fingerprint density at radius 1 is 0.373 bits per heavy atom. The highest BCUT2D eigenvalue weighted by atomic mass is 19.4. The second-order valence-electron chi connectivity index (χ2n) is 24.7. The molecular formula is C63H83F9O3. The first-order chi connectivity index (χ1) is 35.8. The summed E-state index contributed by atoms with van der Waals surface area (Å²) >= 11 is 0. The Morgan fingerprint density at radius 2 is 0.693 bits per heavy atom. The lowest BCUT2D eigenvalue weighted by atomic mass is 9.66. The van der Waals surface area contributed by atoms with E-state index in [1.807, 2.05) is 0 Å². The Bertz CT molecular complexity index is 2290. The van der Waals surface area contributed by atoms with Gasteiger partial charge in [0.05, 0.1) is 0 Å². The maximum Gasteiger partial charge on any atom is 0.573 e. The molecule has 12 heteroatoms. The van der Waals surface area contributed by atoms with Crippen molar-refractivity contribution in [2.24, 2.45) is 53.3 Å². The Morgan fingerprint density at radius 3 is 1.05 bits per heavy atom. The third-order valence-corrected chi connectivity index (χ3v) is 20.2. The highest BCUT2D eigenvalue weighted by molar-refractivity contribution is 5.85. The normalized spacial score (nSPS) is 31.4. The predicted octanol–water partition coefficient (Wildman–Crippen LogP) is 21.2.